The summed E-state index contributed by atoms with van der Waals surface area (Å²) >= 11 is 0. The van der Waals surface area contributed by atoms with Crippen LogP contribution in [0.3, 0.4) is 0 Å². The maximum atomic E-state index is 5.83. The lowest BCUT2D eigenvalue weighted by Crippen LogP contribution is -2.14. The van der Waals surface area contributed by atoms with Crippen molar-refractivity contribution in [2.45, 2.75) is 59.0 Å². The fraction of sp³-hybridized carbons (Fsp3) is 0.556. The van der Waals surface area contributed by atoms with Gasteiger partial charge in [0, 0.05) is 6.54 Å². The van der Waals surface area contributed by atoms with Gasteiger partial charge in [-0.05, 0) is 29.5 Å². The van der Waals surface area contributed by atoms with E-state index in [0.717, 1.165) is 30.0 Å². The highest BCUT2D eigenvalue weighted by Gasteiger charge is 2.13. The molecule has 0 amide bonds. The molecular formula is C18H28N4O. The maximum Gasteiger partial charge on any atom is 0.119 e. The largest absolute Gasteiger partial charge is 0.492 e. The molecule has 0 unspecified atom stereocenters. The number of aromatic nitrogens is 3. The predicted molar refractivity (Wildman–Crippen MR) is 92.5 cm³/mol. The Bertz CT molecular complexity index is 611. The van der Waals surface area contributed by atoms with Crippen LogP contribution in [0.1, 0.15) is 51.1 Å². The van der Waals surface area contributed by atoms with Gasteiger partial charge in [0.25, 0.3) is 0 Å². The quantitative estimate of drug-likeness (QED) is 0.852. The summed E-state index contributed by atoms with van der Waals surface area (Å²) in [5, 5.41) is 8.34. The van der Waals surface area contributed by atoms with Crippen LogP contribution in [-0.4, -0.2) is 21.6 Å². The third-order valence-corrected chi connectivity index (χ3v) is 3.89. The van der Waals surface area contributed by atoms with Gasteiger partial charge in [-0.15, -0.1) is 5.10 Å². The first kappa shape index (κ1) is 17.5. The van der Waals surface area contributed by atoms with E-state index in [1.165, 1.54) is 5.56 Å². The molecule has 23 heavy (non-hydrogen) atoms. The maximum absolute atomic E-state index is 5.83. The minimum Gasteiger partial charge on any atom is -0.492 e. The molecule has 0 bridgehead atoms. The van der Waals surface area contributed by atoms with E-state index < -0.39 is 0 Å². The van der Waals surface area contributed by atoms with Crippen LogP contribution in [-0.2, 0) is 24.9 Å². The number of nitrogens with two attached hydrogens (primary N) is 1. The molecule has 0 saturated heterocycles. The first-order valence-corrected chi connectivity index (χ1v) is 8.30. The van der Waals surface area contributed by atoms with E-state index in [-0.39, 0.29) is 5.41 Å². The predicted octanol–water partition coefficient (Wildman–Crippen LogP) is 3.07. The van der Waals surface area contributed by atoms with E-state index in [2.05, 4.69) is 50.1 Å². The molecule has 0 aliphatic carbocycles. The molecule has 2 rings (SSSR count). The van der Waals surface area contributed by atoms with Crippen molar-refractivity contribution in [2.24, 2.45) is 5.73 Å². The van der Waals surface area contributed by atoms with Crippen molar-refractivity contribution in [3.8, 4) is 5.75 Å². The van der Waals surface area contributed by atoms with Gasteiger partial charge in [-0.1, -0.05) is 51.5 Å². The Kier molecular flexibility index (Phi) is 5.77. The number of nitrogens with zero attached hydrogens (tertiary/aromatic N) is 3. The fourth-order valence-corrected chi connectivity index (χ4v) is 2.52. The minimum absolute atomic E-state index is 0.160. The molecule has 1 aromatic heterocycles. The van der Waals surface area contributed by atoms with Crippen LogP contribution < -0.4 is 10.5 Å². The Hall–Kier alpha value is -1.88. The van der Waals surface area contributed by atoms with E-state index in [1.54, 1.807) is 0 Å². The second-order valence-electron chi connectivity index (χ2n) is 6.78. The first-order chi connectivity index (χ1) is 11.0. The second-order valence-corrected chi connectivity index (χ2v) is 6.78. The van der Waals surface area contributed by atoms with Crippen LogP contribution in [0.4, 0.5) is 0 Å². The number of ether oxygens (including phenoxy) is 1. The second kappa shape index (κ2) is 7.59. The molecule has 0 fully saturated rings. The summed E-state index contributed by atoms with van der Waals surface area (Å²) < 4.78 is 7.75. The van der Waals surface area contributed by atoms with Gasteiger partial charge in [0.2, 0.25) is 0 Å². The van der Waals surface area contributed by atoms with E-state index in [0.29, 0.717) is 19.7 Å². The summed E-state index contributed by atoms with van der Waals surface area (Å²) in [7, 11) is 0. The zero-order chi connectivity index (χ0) is 16.9. The Morgan fingerprint density at radius 3 is 2.43 bits per heavy atom. The molecule has 1 heterocycles. The fourth-order valence-electron chi connectivity index (χ4n) is 2.52. The highest BCUT2D eigenvalue weighted by Crippen LogP contribution is 2.24. The van der Waals surface area contributed by atoms with Crippen molar-refractivity contribution in [2.75, 3.05) is 6.61 Å². The molecule has 0 saturated carbocycles. The number of hydrogen-bond acceptors (Lipinski definition) is 4. The highest BCUT2D eigenvalue weighted by atomic mass is 16.5. The van der Waals surface area contributed by atoms with Crippen molar-refractivity contribution >= 4 is 0 Å². The van der Waals surface area contributed by atoms with Gasteiger partial charge in [-0.25, -0.2) is 4.68 Å². The Labute approximate surface area is 138 Å². The van der Waals surface area contributed by atoms with Crippen LogP contribution >= 0.6 is 0 Å². The van der Waals surface area contributed by atoms with Gasteiger partial charge in [0.1, 0.15) is 12.4 Å². The molecule has 0 aliphatic rings. The topological polar surface area (TPSA) is 66.0 Å². The Morgan fingerprint density at radius 1 is 1.17 bits per heavy atom. The average Bonchev–Trinajstić information content (AvgIpc) is 2.90. The van der Waals surface area contributed by atoms with E-state index in [4.69, 9.17) is 10.5 Å². The van der Waals surface area contributed by atoms with Gasteiger partial charge in [0.15, 0.2) is 0 Å². The smallest absolute Gasteiger partial charge is 0.119 e. The van der Waals surface area contributed by atoms with Crippen LogP contribution in [0.15, 0.2) is 24.3 Å². The summed E-state index contributed by atoms with van der Waals surface area (Å²) in [5.41, 5.74) is 9.20. The lowest BCUT2D eigenvalue weighted by atomic mass is 9.87. The number of rotatable bonds is 7. The molecule has 5 nitrogen and oxygen atoms in total. The van der Waals surface area contributed by atoms with Crippen molar-refractivity contribution in [3.05, 3.63) is 41.2 Å². The molecule has 0 atom stereocenters. The van der Waals surface area contributed by atoms with E-state index in [9.17, 15) is 0 Å². The van der Waals surface area contributed by atoms with Gasteiger partial charge in [0.05, 0.1) is 17.9 Å². The van der Waals surface area contributed by atoms with Gasteiger partial charge in [-0.3, -0.25) is 0 Å². The van der Waals surface area contributed by atoms with Gasteiger partial charge >= 0.3 is 0 Å². The zero-order valence-electron chi connectivity index (χ0n) is 14.7. The molecule has 0 aliphatic heterocycles. The molecule has 0 spiro atoms. The molecule has 2 N–H and O–H groups in total. The average molecular weight is 316 g/mol. The normalized spacial score (nSPS) is 11.7. The Balaban J connectivity index is 1.94. The lowest BCUT2D eigenvalue weighted by Gasteiger charge is -2.19. The van der Waals surface area contributed by atoms with Crippen LogP contribution in [0, 0.1) is 0 Å². The number of benzene rings is 1. The van der Waals surface area contributed by atoms with Crippen molar-refractivity contribution in [1.29, 1.82) is 0 Å². The van der Waals surface area contributed by atoms with Crippen molar-refractivity contribution in [1.82, 2.24) is 15.0 Å². The standard InChI is InChI=1S/C18H28N4O/c1-5-6-17-16(13-19)20-21-22(17)11-12-23-15-9-7-14(8-10-15)18(2,3)4/h7-10H,5-6,11-13,19H2,1-4H3. The summed E-state index contributed by atoms with van der Waals surface area (Å²) in [6, 6.07) is 8.31. The molecule has 126 valence electrons. The SMILES string of the molecule is CCCc1c(CN)nnn1CCOc1ccc(C(C)(C)C)cc1. The van der Waals surface area contributed by atoms with E-state index in [1.807, 2.05) is 16.8 Å². The van der Waals surface area contributed by atoms with Crippen molar-refractivity contribution < 1.29 is 4.74 Å². The van der Waals surface area contributed by atoms with Gasteiger partial charge < -0.3 is 10.5 Å². The summed E-state index contributed by atoms with van der Waals surface area (Å²) in [6.45, 7) is 10.4. The molecule has 1 aromatic carbocycles. The van der Waals surface area contributed by atoms with Crippen molar-refractivity contribution in [3.63, 3.8) is 0 Å². The summed E-state index contributed by atoms with van der Waals surface area (Å²) in [4.78, 5) is 0. The van der Waals surface area contributed by atoms with Crippen LogP contribution in [0.2, 0.25) is 0 Å². The minimum atomic E-state index is 0.160. The van der Waals surface area contributed by atoms with Gasteiger partial charge in [-0.2, -0.15) is 0 Å². The van der Waals surface area contributed by atoms with E-state index >= 15 is 0 Å². The lowest BCUT2D eigenvalue weighted by molar-refractivity contribution is 0.287. The highest BCUT2D eigenvalue weighted by molar-refractivity contribution is 5.31. The molecule has 5 heteroatoms. The summed E-state index contributed by atoms with van der Waals surface area (Å²) in [6.07, 6.45) is 2.00. The Morgan fingerprint density at radius 2 is 1.87 bits per heavy atom. The zero-order valence-corrected chi connectivity index (χ0v) is 14.7. The summed E-state index contributed by atoms with van der Waals surface area (Å²) in [5.74, 6) is 0.884. The molecular weight excluding hydrogens is 288 g/mol. The monoisotopic (exact) mass is 316 g/mol. The van der Waals surface area contributed by atoms with Crippen LogP contribution in [0.25, 0.3) is 0 Å². The third-order valence-electron chi connectivity index (χ3n) is 3.89. The van der Waals surface area contributed by atoms with Crippen LogP contribution in [0.5, 0.6) is 5.75 Å². The number of hydrogen-bond donors (Lipinski definition) is 1. The third kappa shape index (κ3) is 4.55. The molecule has 0 radical (unpaired) electrons. The first-order valence-electron chi connectivity index (χ1n) is 8.30. The molecule has 2 aromatic rings.